The first kappa shape index (κ1) is 18.8. The molecule has 130 valence electrons. The first-order chi connectivity index (χ1) is 12.2. The normalized spacial score (nSPS) is 10.6. The molecular weight excluding hydrogens is 332 g/mol. The van der Waals surface area contributed by atoms with Crippen LogP contribution in [0.5, 0.6) is 5.75 Å². The third kappa shape index (κ3) is 6.85. The second-order valence-corrected chi connectivity index (χ2v) is 6.37. The van der Waals surface area contributed by atoms with Gasteiger partial charge in [0.2, 0.25) is 5.91 Å². The number of thioether (sulfide) groups is 1. The SMILES string of the molecule is C=CCOc1ccc(/C=N/NC(=O)CSCc2ccccc2C)cc1. The van der Waals surface area contributed by atoms with Crippen LogP contribution in [-0.2, 0) is 10.5 Å². The summed E-state index contributed by atoms with van der Waals surface area (Å²) in [5.41, 5.74) is 5.93. The lowest BCUT2D eigenvalue weighted by atomic mass is 10.1. The van der Waals surface area contributed by atoms with Crippen LogP contribution in [0.15, 0.2) is 66.3 Å². The standard InChI is InChI=1S/C20H22N2O2S/c1-3-12-24-19-10-8-17(9-11-19)13-21-22-20(23)15-25-14-18-7-5-4-6-16(18)2/h3-11,13H,1,12,14-15H2,2H3,(H,22,23)/b21-13+. The van der Waals surface area contributed by atoms with Crippen LogP contribution in [0, 0.1) is 6.92 Å². The molecule has 0 aliphatic rings. The average Bonchev–Trinajstić information content (AvgIpc) is 2.63. The monoisotopic (exact) mass is 354 g/mol. The Hall–Kier alpha value is -2.53. The van der Waals surface area contributed by atoms with Crippen LogP contribution in [0.4, 0.5) is 0 Å². The molecule has 25 heavy (non-hydrogen) atoms. The number of hydrogen-bond donors (Lipinski definition) is 1. The van der Waals surface area contributed by atoms with Gasteiger partial charge in [-0.2, -0.15) is 5.10 Å². The van der Waals surface area contributed by atoms with Gasteiger partial charge < -0.3 is 4.74 Å². The van der Waals surface area contributed by atoms with Crippen molar-refractivity contribution in [1.82, 2.24) is 5.43 Å². The maximum absolute atomic E-state index is 11.8. The smallest absolute Gasteiger partial charge is 0.250 e. The van der Waals surface area contributed by atoms with E-state index in [1.807, 2.05) is 36.4 Å². The number of rotatable bonds is 9. The Balaban J connectivity index is 1.71. The molecule has 2 aromatic rings. The van der Waals surface area contributed by atoms with Crippen molar-refractivity contribution in [2.75, 3.05) is 12.4 Å². The molecule has 2 rings (SSSR count). The van der Waals surface area contributed by atoms with Gasteiger partial charge in [0.15, 0.2) is 0 Å². The van der Waals surface area contributed by atoms with Crippen LogP contribution in [0.25, 0.3) is 0 Å². The second-order valence-electron chi connectivity index (χ2n) is 5.38. The van der Waals surface area contributed by atoms with Crippen LogP contribution < -0.4 is 10.2 Å². The highest BCUT2D eigenvalue weighted by atomic mass is 32.2. The summed E-state index contributed by atoms with van der Waals surface area (Å²) in [6.45, 7) is 6.16. The summed E-state index contributed by atoms with van der Waals surface area (Å²) >= 11 is 1.57. The molecule has 1 amide bonds. The van der Waals surface area contributed by atoms with E-state index in [1.165, 1.54) is 11.1 Å². The molecule has 5 heteroatoms. The molecule has 0 saturated carbocycles. The van der Waals surface area contributed by atoms with Crippen molar-refractivity contribution in [3.8, 4) is 5.75 Å². The minimum Gasteiger partial charge on any atom is -0.490 e. The Bertz CT molecular complexity index is 727. The largest absolute Gasteiger partial charge is 0.490 e. The Kier molecular flexibility index (Phi) is 7.79. The summed E-state index contributed by atoms with van der Waals surface area (Å²) in [6.07, 6.45) is 3.31. The Labute approximate surface area is 153 Å². The highest BCUT2D eigenvalue weighted by Gasteiger charge is 2.02. The van der Waals surface area contributed by atoms with Crippen molar-refractivity contribution in [1.29, 1.82) is 0 Å². The fourth-order valence-corrected chi connectivity index (χ4v) is 2.94. The van der Waals surface area contributed by atoms with Crippen molar-refractivity contribution in [2.45, 2.75) is 12.7 Å². The third-order valence-electron chi connectivity index (χ3n) is 3.40. The summed E-state index contributed by atoms with van der Waals surface area (Å²) in [7, 11) is 0. The van der Waals surface area contributed by atoms with E-state index in [0.29, 0.717) is 12.4 Å². The molecule has 0 fully saturated rings. The van der Waals surface area contributed by atoms with E-state index in [-0.39, 0.29) is 5.91 Å². The molecule has 4 nitrogen and oxygen atoms in total. The van der Waals surface area contributed by atoms with E-state index in [1.54, 1.807) is 24.1 Å². The number of hydrazone groups is 1. The summed E-state index contributed by atoms with van der Waals surface area (Å²) in [5.74, 6) is 1.85. The van der Waals surface area contributed by atoms with Gasteiger partial charge >= 0.3 is 0 Å². The predicted molar refractivity (Wildman–Crippen MR) is 105 cm³/mol. The number of nitrogens with one attached hydrogen (secondary N) is 1. The van der Waals surface area contributed by atoms with Crippen LogP contribution in [-0.4, -0.2) is 24.5 Å². The zero-order valence-electron chi connectivity index (χ0n) is 14.3. The molecule has 0 atom stereocenters. The summed E-state index contributed by atoms with van der Waals surface area (Å²) in [4.78, 5) is 11.8. The van der Waals surface area contributed by atoms with Gasteiger partial charge in [-0.15, -0.1) is 11.8 Å². The Morgan fingerprint density at radius 3 is 2.72 bits per heavy atom. The third-order valence-corrected chi connectivity index (χ3v) is 4.38. The summed E-state index contributed by atoms with van der Waals surface area (Å²) < 4.78 is 5.41. The topological polar surface area (TPSA) is 50.7 Å². The highest BCUT2D eigenvalue weighted by molar-refractivity contribution is 7.99. The first-order valence-electron chi connectivity index (χ1n) is 7.97. The van der Waals surface area contributed by atoms with Crippen LogP contribution in [0.1, 0.15) is 16.7 Å². The number of amides is 1. The van der Waals surface area contributed by atoms with E-state index in [4.69, 9.17) is 4.74 Å². The average molecular weight is 354 g/mol. The molecule has 0 spiro atoms. The zero-order valence-corrected chi connectivity index (χ0v) is 15.1. The van der Waals surface area contributed by atoms with E-state index >= 15 is 0 Å². The summed E-state index contributed by atoms with van der Waals surface area (Å²) in [5, 5.41) is 3.98. The minimum absolute atomic E-state index is 0.110. The van der Waals surface area contributed by atoms with Gasteiger partial charge in [-0.05, 0) is 47.9 Å². The molecule has 0 unspecified atom stereocenters. The van der Waals surface area contributed by atoms with Crippen LogP contribution in [0.3, 0.4) is 0 Å². The van der Waals surface area contributed by atoms with Crippen molar-refractivity contribution >= 4 is 23.9 Å². The molecule has 0 bridgehead atoms. The van der Waals surface area contributed by atoms with Gasteiger partial charge in [-0.25, -0.2) is 5.43 Å². The lowest BCUT2D eigenvalue weighted by molar-refractivity contribution is -0.118. The van der Waals surface area contributed by atoms with Gasteiger partial charge in [0.1, 0.15) is 12.4 Å². The van der Waals surface area contributed by atoms with Gasteiger partial charge in [-0.1, -0.05) is 36.9 Å². The molecular formula is C20H22N2O2S. The fourth-order valence-electron chi connectivity index (χ4n) is 2.04. The Morgan fingerprint density at radius 1 is 1.24 bits per heavy atom. The maximum atomic E-state index is 11.8. The van der Waals surface area contributed by atoms with E-state index in [2.05, 4.69) is 36.2 Å². The summed E-state index contributed by atoms with van der Waals surface area (Å²) in [6, 6.07) is 15.6. The van der Waals surface area contributed by atoms with E-state index < -0.39 is 0 Å². The molecule has 0 saturated heterocycles. The van der Waals surface area contributed by atoms with Crippen molar-refractivity contribution in [3.63, 3.8) is 0 Å². The van der Waals surface area contributed by atoms with Gasteiger partial charge in [0.05, 0.1) is 12.0 Å². The number of ether oxygens (including phenoxy) is 1. The lowest BCUT2D eigenvalue weighted by Crippen LogP contribution is -2.19. The fraction of sp³-hybridized carbons (Fsp3) is 0.200. The zero-order chi connectivity index (χ0) is 17.9. The molecule has 1 N–H and O–H groups in total. The number of aryl methyl sites for hydroxylation is 1. The predicted octanol–water partition coefficient (Wildman–Crippen LogP) is 3.94. The van der Waals surface area contributed by atoms with Crippen molar-refractivity contribution in [2.24, 2.45) is 5.10 Å². The quantitative estimate of drug-likeness (QED) is 0.421. The van der Waals surface area contributed by atoms with E-state index in [9.17, 15) is 4.79 Å². The number of nitrogens with zero attached hydrogens (tertiary/aromatic N) is 1. The van der Waals surface area contributed by atoms with Crippen LogP contribution in [0.2, 0.25) is 0 Å². The minimum atomic E-state index is -0.110. The molecule has 0 radical (unpaired) electrons. The second kappa shape index (κ2) is 10.4. The maximum Gasteiger partial charge on any atom is 0.250 e. The molecule has 0 aromatic heterocycles. The first-order valence-corrected chi connectivity index (χ1v) is 9.12. The molecule has 0 heterocycles. The van der Waals surface area contributed by atoms with Gasteiger partial charge in [0, 0.05) is 5.75 Å². The molecule has 2 aromatic carbocycles. The Morgan fingerprint density at radius 2 is 2.00 bits per heavy atom. The van der Waals surface area contributed by atoms with Crippen LogP contribution >= 0.6 is 11.8 Å². The van der Waals surface area contributed by atoms with Crippen molar-refractivity contribution < 1.29 is 9.53 Å². The number of carbonyl (C=O) groups is 1. The highest BCUT2D eigenvalue weighted by Crippen LogP contribution is 2.15. The molecule has 0 aliphatic heterocycles. The van der Waals surface area contributed by atoms with Gasteiger partial charge in [-0.3, -0.25) is 4.79 Å². The van der Waals surface area contributed by atoms with Gasteiger partial charge in [0.25, 0.3) is 0 Å². The number of carbonyl (C=O) groups excluding carboxylic acids is 1. The molecule has 0 aliphatic carbocycles. The lowest BCUT2D eigenvalue weighted by Gasteiger charge is -2.04. The van der Waals surface area contributed by atoms with E-state index in [0.717, 1.165) is 17.1 Å². The number of benzene rings is 2. The van der Waals surface area contributed by atoms with Crippen molar-refractivity contribution in [3.05, 3.63) is 77.9 Å². The number of hydrogen-bond acceptors (Lipinski definition) is 4.